The van der Waals surface area contributed by atoms with Crippen LogP contribution in [0.5, 0.6) is 0 Å². The minimum absolute atomic E-state index is 1.32. The molecule has 0 heteroatoms. The third kappa shape index (κ3) is 1.30. The minimum atomic E-state index is 1.32. The predicted octanol–water partition coefficient (Wildman–Crippen LogP) is 4.61. The summed E-state index contributed by atoms with van der Waals surface area (Å²) >= 11 is 0. The Bertz CT molecular complexity index is 678. The minimum Gasteiger partial charge on any atom is -0.0616 e. The SMILES string of the molecule is Cc1ccc2c(C)cc3ccccc3c2c1. The van der Waals surface area contributed by atoms with Gasteiger partial charge in [0.2, 0.25) is 0 Å². The molecule has 0 saturated carbocycles. The van der Waals surface area contributed by atoms with Gasteiger partial charge in [0, 0.05) is 0 Å². The van der Waals surface area contributed by atoms with Crippen LogP contribution in [0.4, 0.5) is 0 Å². The molecule has 0 aliphatic heterocycles. The van der Waals surface area contributed by atoms with Crippen molar-refractivity contribution in [2.45, 2.75) is 13.8 Å². The number of hydrogen-bond donors (Lipinski definition) is 0. The molecular weight excluding hydrogens is 192 g/mol. The molecule has 0 saturated heterocycles. The molecule has 0 N–H and O–H groups in total. The van der Waals surface area contributed by atoms with Crippen LogP contribution < -0.4 is 0 Å². The Balaban J connectivity index is 2.61. The molecule has 0 heterocycles. The smallest absolute Gasteiger partial charge is 0.0100 e. The van der Waals surface area contributed by atoms with Gasteiger partial charge in [-0.25, -0.2) is 0 Å². The zero-order valence-electron chi connectivity index (χ0n) is 9.62. The van der Waals surface area contributed by atoms with E-state index in [0.29, 0.717) is 0 Å². The summed E-state index contributed by atoms with van der Waals surface area (Å²) in [7, 11) is 0. The summed E-state index contributed by atoms with van der Waals surface area (Å²) in [5.41, 5.74) is 2.68. The van der Waals surface area contributed by atoms with Crippen LogP contribution in [-0.4, -0.2) is 0 Å². The van der Waals surface area contributed by atoms with Gasteiger partial charge in [0.1, 0.15) is 0 Å². The Morgan fingerprint density at radius 2 is 1.50 bits per heavy atom. The van der Waals surface area contributed by atoms with Gasteiger partial charge in [0.05, 0.1) is 0 Å². The zero-order valence-corrected chi connectivity index (χ0v) is 9.62. The van der Waals surface area contributed by atoms with Crippen LogP contribution in [0.1, 0.15) is 11.1 Å². The molecule has 0 spiro atoms. The van der Waals surface area contributed by atoms with E-state index in [1.807, 2.05) is 0 Å². The highest BCUT2D eigenvalue weighted by molar-refractivity contribution is 6.09. The molecule has 0 fully saturated rings. The first-order chi connectivity index (χ1) is 7.75. The van der Waals surface area contributed by atoms with Gasteiger partial charge in [-0.05, 0) is 41.0 Å². The van der Waals surface area contributed by atoms with Gasteiger partial charge in [0.15, 0.2) is 0 Å². The average molecular weight is 206 g/mol. The molecule has 3 aromatic rings. The highest BCUT2D eigenvalue weighted by Gasteiger charge is 2.03. The maximum absolute atomic E-state index is 2.28. The molecular formula is C16H14. The second kappa shape index (κ2) is 3.34. The molecule has 0 amide bonds. The average Bonchev–Trinajstić information content (AvgIpc) is 2.29. The monoisotopic (exact) mass is 206 g/mol. The second-order valence-corrected chi connectivity index (χ2v) is 4.46. The van der Waals surface area contributed by atoms with E-state index in [1.165, 1.54) is 32.7 Å². The van der Waals surface area contributed by atoms with Crippen molar-refractivity contribution in [1.82, 2.24) is 0 Å². The van der Waals surface area contributed by atoms with Gasteiger partial charge in [-0.1, -0.05) is 54.1 Å². The van der Waals surface area contributed by atoms with Crippen molar-refractivity contribution in [3.63, 3.8) is 0 Å². The summed E-state index contributed by atoms with van der Waals surface area (Å²) in [6.07, 6.45) is 0. The number of hydrogen-bond acceptors (Lipinski definition) is 0. The van der Waals surface area contributed by atoms with E-state index in [4.69, 9.17) is 0 Å². The molecule has 0 bridgehead atoms. The Labute approximate surface area is 95.5 Å². The van der Waals surface area contributed by atoms with Crippen molar-refractivity contribution >= 4 is 21.5 Å². The van der Waals surface area contributed by atoms with E-state index in [0.717, 1.165) is 0 Å². The molecule has 3 rings (SSSR count). The van der Waals surface area contributed by atoms with Crippen LogP contribution in [-0.2, 0) is 0 Å². The highest BCUT2D eigenvalue weighted by Crippen LogP contribution is 2.28. The van der Waals surface area contributed by atoms with Crippen molar-refractivity contribution in [2.75, 3.05) is 0 Å². The van der Waals surface area contributed by atoms with Crippen LogP contribution in [0.3, 0.4) is 0 Å². The lowest BCUT2D eigenvalue weighted by atomic mass is 9.97. The summed E-state index contributed by atoms with van der Waals surface area (Å²) in [5, 5.41) is 5.42. The fourth-order valence-electron chi connectivity index (χ4n) is 2.40. The number of rotatable bonds is 0. The van der Waals surface area contributed by atoms with E-state index >= 15 is 0 Å². The van der Waals surface area contributed by atoms with Crippen molar-refractivity contribution < 1.29 is 0 Å². The highest BCUT2D eigenvalue weighted by atomic mass is 14.1. The van der Waals surface area contributed by atoms with Crippen molar-refractivity contribution in [2.24, 2.45) is 0 Å². The summed E-state index contributed by atoms with van der Waals surface area (Å²) in [6, 6.07) is 17.6. The molecule has 0 aliphatic rings. The van der Waals surface area contributed by atoms with Crippen LogP contribution >= 0.6 is 0 Å². The fraction of sp³-hybridized carbons (Fsp3) is 0.125. The first kappa shape index (κ1) is 9.41. The van der Waals surface area contributed by atoms with E-state index in [-0.39, 0.29) is 0 Å². The molecule has 78 valence electrons. The zero-order chi connectivity index (χ0) is 11.1. The molecule has 16 heavy (non-hydrogen) atoms. The topological polar surface area (TPSA) is 0 Å². The van der Waals surface area contributed by atoms with Crippen LogP contribution in [0, 0.1) is 13.8 Å². The normalized spacial score (nSPS) is 11.1. The quantitative estimate of drug-likeness (QED) is 0.471. The van der Waals surface area contributed by atoms with Crippen LogP contribution in [0.25, 0.3) is 21.5 Å². The summed E-state index contributed by atoms with van der Waals surface area (Å²) < 4.78 is 0. The predicted molar refractivity (Wildman–Crippen MR) is 70.9 cm³/mol. The van der Waals surface area contributed by atoms with Gasteiger partial charge < -0.3 is 0 Å². The first-order valence-corrected chi connectivity index (χ1v) is 5.64. The van der Waals surface area contributed by atoms with Gasteiger partial charge in [-0.15, -0.1) is 0 Å². The summed E-state index contributed by atoms with van der Waals surface area (Å²) in [6.45, 7) is 4.33. The molecule has 0 radical (unpaired) electrons. The Kier molecular flexibility index (Phi) is 1.97. The van der Waals surface area contributed by atoms with Crippen LogP contribution in [0.2, 0.25) is 0 Å². The molecule has 3 aromatic carbocycles. The maximum Gasteiger partial charge on any atom is -0.0100 e. The van der Waals surface area contributed by atoms with E-state index < -0.39 is 0 Å². The molecule has 0 aliphatic carbocycles. The number of fused-ring (bicyclic) bond motifs is 3. The van der Waals surface area contributed by atoms with Gasteiger partial charge in [-0.3, -0.25) is 0 Å². The van der Waals surface area contributed by atoms with Gasteiger partial charge in [-0.2, -0.15) is 0 Å². The molecule has 0 aromatic heterocycles. The first-order valence-electron chi connectivity index (χ1n) is 5.64. The van der Waals surface area contributed by atoms with Crippen LogP contribution in [0.15, 0.2) is 48.5 Å². The number of aryl methyl sites for hydroxylation is 2. The van der Waals surface area contributed by atoms with E-state index in [2.05, 4.69) is 62.4 Å². The van der Waals surface area contributed by atoms with Crippen molar-refractivity contribution in [3.8, 4) is 0 Å². The van der Waals surface area contributed by atoms with Crippen molar-refractivity contribution in [1.29, 1.82) is 0 Å². The van der Waals surface area contributed by atoms with E-state index in [1.54, 1.807) is 0 Å². The summed E-state index contributed by atoms with van der Waals surface area (Å²) in [4.78, 5) is 0. The lowest BCUT2D eigenvalue weighted by Gasteiger charge is -2.08. The van der Waals surface area contributed by atoms with Gasteiger partial charge in [0.25, 0.3) is 0 Å². The standard InChI is InChI=1S/C16H14/c1-11-7-8-14-12(2)10-13-5-3-4-6-15(13)16(14)9-11/h3-10H,1-2H3. The summed E-state index contributed by atoms with van der Waals surface area (Å²) in [5.74, 6) is 0. The molecule has 0 nitrogen and oxygen atoms in total. The third-order valence-electron chi connectivity index (χ3n) is 3.22. The lowest BCUT2D eigenvalue weighted by molar-refractivity contribution is 1.49. The van der Waals surface area contributed by atoms with E-state index in [9.17, 15) is 0 Å². The Morgan fingerprint density at radius 1 is 0.688 bits per heavy atom. The lowest BCUT2D eigenvalue weighted by Crippen LogP contribution is -1.83. The Morgan fingerprint density at radius 3 is 2.38 bits per heavy atom. The number of benzene rings is 3. The fourth-order valence-corrected chi connectivity index (χ4v) is 2.40. The van der Waals surface area contributed by atoms with Crippen molar-refractivity contribution in [3.05, 3.63) is 59.7 Å². The van der Waals surface area contributed by atoms with Gasteiger partial charge >= 0.3 is 0 Å². The molecule has 0 atom stereocenters. The largest absolute Gasteiger partial charge is 0.0616 e. The second-order valence-electron chi connectivity index (χ2n) is 4.46. The third-order valence-corrected chi connectivity index (χ3v) is 3.22. The maximum atomic E-state index is 2.28. The molecule has 0 unspecified atom stereocenters. The Hall–Kier alpha value is -1.82.